The van der Waals surface area contributed by atoms with Crippen LogP contribution in [0.5, 0.6) is 0 Å². The maximum absolute atomic E-state index is 12.6. The molecular formula is C17H22N4O2. The zero-order valence-corrected chi connectivity index (χ0v) is 13.0. The fourth-order valence-corrected chi connectivity index (χ4v) is 3.15. The molecule has 0 aliphatic heterocycles. The number of amides is 2. The summed E-state index contributed by atoms with van der Waals surface area (Å²) in [5, 5.41) is 18.8. The molecule has 0 fully saturated rings. The Balaban J connectivity index is 1.71. The third kappa shape index (κ3) is 3.53. The summed E-state index contributed by atoms with van der Waals surface area (Å²) in [7, 11) is 0. The van der Waals surface area contributed by atoms with Crippen molar-refractivity contribution in [3.8, 4) is 0 Å². The van der Waals surface area contributed by atoms with Gasteiger partial charge in [-0.05, 0) is 36.5 Å². The lowest BCUT2D eigenvalue weighted by molar-refractivity contribution is 0.164. The Morgan fingerprint density at radius 3 is 3.04 bits per heavy atom. The average molecular weight is 314 g/mol. The fourth-order valence-electron chi connectivity index (χ4n) is 3.15. The molecule has 3 N–H and O–H groups in total. The molecule has 6 heteroatoms. The molecule has 0 bridgehead atoms. The number of carbonyl (C=O) groups excluding carboxylic acids is 1. The summed E-state index contributed by atoms with van der Waals surface area (Å²) in [4.78, 5) is 14.5. The number of aromatic nitrogens is 2. The van der Waals surface area contributed by atoms with Crippen LogP contribution < -0.4 is 5.32 Å². The molecule has 1 atom stereocenters. The van der Waals surface area contributed by atoms with Crippen LogP contribution in [0.25, 0.3) is 0 Å². The van der Waals surface area contributed by atoms with Crippen LogP contribution in [0.4, 0.5) is 4.79 Å². The third-order valence-corrected chi connectivity index (χ3v) is 4.28. The van der Waals surface area contributed by atoms with E-state index < -0.39 is 0 Å². The minimum absolute atomic E-state index is 0.0820. The number of H-pyrrole nitrogens is 1. The molecule has 1 aromatic heterocycles. The SMILES string of the molecule is O=C(NCc1ccn[nH]1)N(CCCO)[C@@H]1CCc2ccccc21. The first-order valence-corrected chi connectivity index (χ1v) is 8.01. The predicted molar refractivity (Wildman–Crippen MR) is 86.7 cm³/mol. The van der Waals surface area contributed by atoms with E-state index in [0.29, 0.717) is 19.5 Å². The highest BCUT2D eigenvalue weighted by molar-refractivity contribution is 5.75. The van der Waals surface area contributed by atoms with Crippen molar-refractivity contribution in [3.63, 3.8) is 0 Å². The summed E-state index contributed by atoms with van der Waals surface area (Å²) in [6.45, 7) is 1.05. The summed E-state index contributed by atoms with van der Waals surface area (Å²) < 4.78 is 0. The number of hydrogen-bond donors (Lipinski definition) is 3. The molecule has 6 nitrogen and oxygen atoms in total. The molecule has 1 heterocycles. The molecule has 1 aliphatic carbocycles. The zero-order chi connectivity index (χ0) is 16.1. The van der Waals surface area contributed by atoms with Gasteiger partial charge in [0.15, 0.2) is 0 Å². The Kier molecular flexibility index (Phi) is 4.92. The Hall–Kier alpha value is -2.34. The molecule has 0 saturated carbocycles. The summed E-state index contributed by atoms with van der Waals surface area (Å²) in [5.41, 5.74) is 3.40. The molecule has 2 aromatic rings. The fraction of sp³-hybridized carbons (Fsp3) is 0.412. The van der Waals surface area contributed by atoms with Crippen LogP contribution in [-0.4, -0.2) is 39.4 Å². The normalized spacial score (nSPS) is 16.1. The molecule has 23 heavy (non-hydrogen) atoms. The maximum Gasteiger partial charge on any atom is 0.318 e. The smallest absolute Gasteiger partial charge is 0.318 e. The van der Waals surface area contributed by atoms with Gasteiger partial charge in [0.2, 0.25) is 0 Å². The van der Waals surface area contributed by atoms with Gasteiger partial charge in [-0.2, -0.15) is 5.10 Å². The highest BCUT2D eigenvalue weighted by atomic mass is 16.3. The second kappa shape index (κ2) is 7.28. The first-order valence-electron chi connectivity index (χ1n) is 8.01. The largest absolute Gasteiger partial charge is 0.396 e. The van der Waals surface area contributed by atoms with Gasteiger partial charge in [0.25, 0.3) is 0 Å². The van der Waals surface area contributed by atoms with Crippen molar-refractivity contribution in [1.82, 2.24) is 20.4 Å². The van der Waals surface area contributed by atoms with Gasteiger partial charge in [0.05, 0.1) is 18.3 Å². The Morgan fingerprint density at radius 2 is 2.26 bits per heavy atom. The van der Waals surface area contributed by atoms with Crippen molar-refractivity contribution in [3.05, 3.63) is 53.3 Å². The van der Waals surface area contributed by atoms with Crippen LogP contribution in [0.1, 0.15) is 35.7 Å². The second-order valence-electron chi connectivity index (χ2n) is 5.76. The minimum atomic E-state index is -0.102. The number of nitrogens with one attached hydrogen (secondary N) is 2. The van der Waals surface area contributed by atoms with Crippen LogP contribution in [0.15, 0.2) is 36.5 Å². The van der Waals surface area contributed by atoms with E-state index in [1.807, 2.05) is 23.1 Å². The van der Waals surface area contributed by atoms with Gasteiger partial charge >= 0.3 is 6.03 Å². The van der Waals surface area contributed by atoms with Crippen LogP contribution in [0.3, 0.4) is 0 Å². The van der Waals surface area contributed by atoms with Crippen molar-refractivity contribution in [2.24, 2.45) is 0 Å². The number of aromatic amines is 1. The summed E-state index contributed by atoms with van der Waals surface area (Å²) in [6, 6.07) is 10.1. The van der Waals surface area contributed by atoms with Gasteiger partial charge < -0.3 is 15.3 Å². The topological polar surface area (TPSA) is 81.2 Å². The van der Waals surface area contributed by atoms with E-state index in [4.69, 9.17) is 5.11 Å². The number of carbonyl (C=O) groups is 1. The summed E-state index contributed by atoms with van der Waals surface area (Å²) >= 11 is 0. The van der Waals surface area contributed by atoms with Crippen molar-refractivity contribution < 1.29 is 9.90 Å². The Labute approximate surface area is 135 Å². The van der Waals surface area contributed by atoms with E-state index in [-0.39, 0.29) is 18.7 Å². The molecule has 0 spiro atoms. The highest BCUT2D eigenvalue weighted by Crippen LogP contribution is 2.35. The highest BCUT2D eigenvalue weighted by Gasteiger charge is 2.30. The molecule has 0 radical (unpaired) electrons. The number of hydrogen-bond acceptors (Lipinski definition) is 3. The van der Waals surface area contributed by atoms with Gasteiger partial charge in [-0.15, -0.1) is 0 Å². The van der Waals surface area contributed by atoms with Crippen LogP contribution in [-0.2, 0) is 13.0 Å². The summed E-state index contributed by atoms with van der Waals surface area (Å²) in [6.07, 6.45) is 4.17. The molecule has 0 saturated heterocycles. The van der Waals surface area contributed by atoms with Crippen molar-refractivity contribution in [1.29, 1.82) is 0 Å². The quantitative estimate of drug-likeness (QED) is 0.763. The first-order chi connectivity index (χ1) is 11.3. The van der Waals surface area contributed by atoms with Gasteiger partial charge in [0.1, 0.15) is 0 Å². The molecule has 3 rings (SSSR count). The number of urea groups is 1. The van der Waals surface area contributed by atoms with E-state index in [1.54, 1.807) is 6.20 Å². The number of rotatable bonds is 6. The molecule has 1 aliphatic rings. The van der Waals surface area contributed by atoms with Gasteiger partial charge in [-0.3, -0.25) is 5.10 Å². The molecular weight excluding hydrogens is 292 g/mol. The maximum atomic E-state index is 12.6. The first kappa shape index (κ1) is 15.6. The number of aliphatic hydroxyl groups excluding tert-OH is 1. The van der Waals surface area contributed by atoms with Crippen LogP contribution in [0, 0.1) is 0 Å². The monoisotopic (exact) mass is 314 g/mol. The number of nitrogens with zero attached hydrogens (tertiary/aromatic N) is 2. The Bertz CT molecular complexity index is 642. The standard InChI is InChI=1S/C17H22N4O2/c22-11-3-10-21(17(23)18-12-14-8-9-19-20-14)16-7-6-13-4-1-2-5-15(13)16/h1-2,4-5,8-9,16,22H,3,6-7,10-12H2,(H,18,23)(H,19,20)/t16-/m1/s1. The van der Waals surface area contributed by atoms with Crippen molar-refractivity contribution in [2.75, 3.05) is 13.2 Å². The van der Waals surface area contributed by atoms with Gasteiger partial charge in [-0.25, -0.2) is 4.79 Å². The predicted octanol–water partition coefficient (Wildman–Crippen LogP) is 1.99. The second-order valence-corrected chi connectivity index (χ2v) is 5.76. The molecule has 0 unspecified atom stereocenters. The summed E-state index contributed by atoms with van der Waals surface area (Å²) in [5.74, 6) is 0. The number of fused-ring (bicyclic) bond motifs is 1. The number of benzene rings is 1. The zero-order valence-electron chi connectivity index (χ0n) is 13.0. The lowest BCUT2D eigenvalue weighted by Gasteiger charge is -2.30. The van der Waals surface area contributed by atoms with Gasteiger partial charge in [0, 0.05) is 19.3 Å². The van der Waals surface area contributed by atoms with Crippen LogP contribution in [0.2, 0.25) is 0 Å². The van der Waals surface area contributed by atoms with E-state index in [0.717, 1.165) is 18.5 Å². The van der Waals surface area contributed by atoms with E-state index in [9.17, 15) is 4.79 Å². The minimum Gasteiger partial charge on any atom is -0.396 e. The van der Waals surface area contributed by atoms with E-state index in [2.05, 4.69) is 27.6 Å². The average Bonchev–Trinajstić information content (AvgIpc) is 3.23. The lowest BCUT2D eigenvalue weighted by atomic mass is 10.1. The third-order valence-electron chi connectivity index (χ3n) is 4.28. The molecule has 2 amide bonds. The van der Waals surface area contributed by atoms with Crippen molar-refractivity contribution >= 4 is 6.03 Å². The molecule has 1 aromatic carbocycles. The van der Waals surface area contributed by atoms with E-state index >= 15 is 0 Å². The molecule has 122 valence electrons. The van der Waals surface area contributed by atoms with Crippen molar-refractivity contribution in [2.45, 2.75) is 31.8 Å². The Morgan fingerprint density at radius 1 is 1.39 bits per heavy atom. The van der Waals surface area contributed by atoms with Crippen LogP contribution >= 0.6 is 0 Å². The number of aryl methyl sites for hydroxylation is 1. The number of aliphatic hydroxyl groups is 1. The lowest BCUT2D eigenvalue weighted by Crippen LogP contribution is -2.42. The van der Waals surface area contributed by atoms with Gasteiger partial charge in [-0.1, -0.05) is 24.3 Å². The van der Waals surface area contributed by atoms with E-state index in [1.165, 1.54) is 11.1 Å².